The van der Waals surface area contributed by atoms with E-state index in [0.29, 0.717) is 12.3 Å². The van der Waals surface area contributed by atoms with Crippen LogP contribution < -0.4 is 10.6 Å². The molecule has 1 fully saturated rings. The molecule has 0 aromatic rings. The first-order chi connectivity index (χ1) is 10.1. The highest BCUT2D eigenvalue weighted by molar-refractivity contribution is 5.76. The highest BCUT2D eigenvalue weighted by Gasteiger charge is 2.24. The van der Waals surface area contributed by atoms with Crippen LogP contribution in [0, 0.1) is 5.92 Å². The Hall–Kier alpha value is -1.26. The van der Waals surface area contributed by atoms with Crippen molar-refractivity contribution in [1.29, 1.82) is 0 Å². The first-order valence-electron chi connectivity index (χ1n) is 8.35. The molecule has 0 aliphatic heterocycles. The number of nitrogens with one attached hydrogen (secondary N) is 2. The Morgan fingerprint density at radius 3 is 2.33 bits per heavy atom. The lowest BCUT2D eigenvalue weighted by molar-refractivity contribution is -0.137. The summed E-state index contributed by atoms with van der Waals surface area (Å²) in [4.78, 5) is 22.9. The quantitative estimate of drug-likeness (QED) is 0.643. The second kappa shape index (κ2) is 9.64. The van der Waals surface area contributed by atoms with Crippen LogP contribution >= 0.6 is 0 Å². The summed E-state index contributed by atoms with van der Waals surface area (Å²) >= 11 is 0. The van der Waals surface area contributed by atoms with Gasteiger partial charge in [0.15, 0.2) is 0 Å². The molecule has 5 heteroatoms. The van der Waals surface area contributed by atoms with Gasteiger partial charge in [-0.1, -0.05) is 39.5 Å². The zero-order chi connectivity index (χ0) is 15.7. The summed E-state index contributed by atoms with van der Waals surface area (Å²) in [5.41, 5.74) is 0. The highest BCUT2D eigenvalue weighted by atomic mass is 16.4. The number of aliphatic carboxylic acids is 1. The monoisotopic (exact) mass is 298 g/mol. The van der Waals surface area contributed by atoms with Gasteiger partial charge in [-0.3, -0.25) is 4.79 Å². The van der Waals surface area contributed by atoms with Gasteiger partial charge in [0.25, 0.3) is 0 Å². The number of carbonyl (C=O) groups is 2. The van der Waals surface area contributed by atoms with Gasteiger partial charge in [0, 0.05) is 12.1 Å². The summed E-state index contributed by atoms with van der Waals surface area (Å²) in [5, 5.41) is 14.8. The first-order valence-corrected chi connectivity index (χ1v) is 8.35. The van der Waals surface area contributed by atoms with Crippen LogP contribution in [0.25, 0.3) is 0 Å². The normalized spacial score (nSPS) is 18.8. The van der Waals surface area contributed by atoms with Gasteiger partial charge in [-0.15, -0.1) is 0 Å². The second-order valence-electron chi connectivity index (χ2n) is 6.11. The maximum absolute atomic E-state index is 12.1. The van der Waals surface area contributed by atoms with Gasteiger partial charge < -0.3 is 15.7 Å². The summed E-state index contributed by atoms with van der Waals surface area (Å²) < 4.78 is 0. The molecule has 2 amide bonds. The molecule has 0 bridgehead atoms. The third kappa shape index (κ3) is 6.82. The van der Waals surface area contributed by atoms with E-state index in [0.717, 1.165) is 12.8 Å². The largest absolute Gasteiger partial charge is 0.481 e. The fourth-order valence-corrected chi connectivity index (χ4v) is 3.27. The van der Waals surface area contributed by atoms with Gasteiger partial charge in [-0.25, -0.2) is 4.79 Å². The van der Waals surface area contributed by atoms with Crippen LogP contribution in [-0.2, 0) is 4.79 Å². The van der Waals surface area contributed by atoms with E-state index in [9.17, 15) is 9.59 Å². The van der Waals surface area contributed by atoms with Crippen molar-refractivity contribution in [2.24, 2.45) is 5.92 Å². The molecule has 1 rings (SSSR count). The number of hydrogen-bond donors (Lipinski definition) is 3. The summed E-state index contributed by atoms with van der Waals surface area (Å²) in [5.74, 6) is -0.299. The molecule has 0 radical (unpaired) electrons. The first kappa shape index (κ1) is 17.8. The molecular formula is C16H30N2O3. The van der Waals surface area contributed by atoms with Crippen LogP contribution in [0.5, 0.6) is 0 Å². The van der Waals surface area contributed by atoms with Crippen molar-refractivity contribution >= 4 is 12.0 Å². The molecule has 122 valence electrons. The average molecular weight is 298 g/mol. The van der Waals surface area contributed by atoms with Gasteiger partial charge in [-0.2, -0.15) is 0 Å². The predicted octanol–water partition coefficient (Wildman–Crippen LogP) is 3.29. The fraction of sp³-hybridized carbons (Fsp3) is 0.875. The molecule has 21 heavy (non-hydrogen) atoms. The lowest BCUT2D eigenvalue weighted by Gasteiger charge is -2.30. The lowest BCUT2D eigenvalue weighted by Crippen LogP contribution is -2.49. The minimum absolute atomic E-state index is 0.0124. The topological polar surface area (TPSA) is 78.4 Å². The molecular weight excluding hydrogens is 268 g/mol. The van der Waals surface area contributed by atoms with Gasteiger partial charge in [0.2, 0.25) is 0 Å². The Morgan fingerprint density at radius 2 is 1.81 bits per heavy atom. The van der Waals surface area contributed by atoms with Crippen LogP contribution in [0.4, 0.5) is 4.79 Å². The van der Waals surface area contributed by atoms with E-state index >= 15 is 0 Å². The molecule has 1 aliphatic carbocycles. The average Bonchev–Trinajstić information content (AvgIpc) is 2.45. The smallest absolute Gasteiger partial charge is 0.315 e. The van der Waals surface area contributed by atoms with E-state index < -0.39 is 5.97 Å². The number of carboxylic acid groups (broad SMARTS) is 1. The van der Waals surface area contributed by atoms with Crippen molar-refractivity contribution in [2.45, 2.75) is 83.7 Å². The summed E-state index contributed by atoms with van der Waals surface area (Å²) in [6.07, 6.45) is 8.65. The van der Waals surface area contributed by atoms with Crippen molar-refractivity contribution in [3.05, 3.63) is 0 Å². The van der Waals surface area contributed by atoms with Crippen molar-refractivity contribution < 1.29 is 14.7 Å². The minimum atomic E-state index is -0.868. The van der Waals surface area contributed by atoms with E-state index in [2.05, 4.69) is 17.6 Å². The van der Waals surface area contributed by atoms with Crippen LogP contribution in [0.1, 0.15) is 71.6 Å². The molecule has 2 atom stereocenters. The number of hydrogen-bond acceptors (Lipinski definition) is 2. The van der Waals surface area contributed by atoms with Gasteiger partial charge in [-0.05, 0) is 31.6 Å². The SMILES string of the molecule is CCCC(CC(=O)O)NC(=O)NC(CC)C1CCCCC1. The van der Waals surface area contributed by atoms with Crippen molar-refractivity contribution in [2.75, 3.05) is 0 Å². The standard InChI is InChI=1S/C16H30N2O3/c1-3-8-13(11-15(19)20)17-16(21)18-14(4-2)12-9-6-5-7-10-12/h12-14H,3-11H2,1-2H3,(H,19,20)(H2,17,18,21). The van der Waals surface area contributed by atoms with Crippen molar-refractivity contribution in [3.8, 4) is 0 Å². The number of rotatable bonds is 8. The summed E-state index contributed by atoms with van der Waals surface area (Å²) in [7, 11) is 0. The van der Waals surface area contributed by atoms with Crippen molar-refractivity contribution in [3.63, 3.8) is 0 Å². The Bertz CT molecular complexity index is 327. The van der Waals surface area contributed by atoms with Gasteiger partial charge >= 0.3 is 12.0 Å². The maximum atomic E-state index is 12.1. The van der Waals surface area contributed by atoms with Crippen LogP contribution in [0.3, 0.4) is 0 Å². The Morgan fingerprint density at radius 1 is 1.14 bits per heavy atom. The molecule has 2 unspecified atom stereocenters. The maximum Gasteiger partial charge on any atom is 0.315 e. The molecule has 0 aromatic carbocycles. The molecule has 1 saturated carbocycles. The number of carbonyl (C=O) groups excluding carboxylic acids is 1. The number of carboxylic acids is 1. The zero-order valence-corrected chi connectivity index (χ0v) is 13.4. The van der Waals surface area contributed by atoms with Crippen LogP contribution in [0.15, 0.2) is 0 Å². The van der Waals surface area contributed by atoms with E-state index in [1.165, 1.54) is 32.1 Å². The summed E-state index contributed by atoms with van der Waals surface area (Å²) in [6, 6.07) is -0.291. The fourth-order valence-electron chi connectivity index (χ4n) is 3.27. The van der Waals surface area contributed by atoms with Gasteiger partial charge in [0.1, 0.15) is 0 Å². The Labute approximate surface area is 127 Å². The molecule has 0 saturated heterocycles. The number of amides is 2. The molecule has 0 aromatic heterocycles. The van der Waals surface area contributed by atoms with E-state index in [-0.39, 0.29) is 24.5 Å². The lowest BCUT2D eigenvalue weighted by atomic mass is 9.83. The van der Waals surface area contributed by atoms with E-state index in [1.54, 1.807) is 0 Å². The van der Waals surface area contributed by atoms with Crippen LogP contribution in [0.2, 0.25) is 0 Å². The van der Waals surface area contributed by atoms with Gasteiger partial charge in [0.05, 0.1) is 6.42 Å². The molecule has 5 nitrogen and oxygen atoms in total. The molecule has 0 spiro atoms. The second-order valence-corrected chi connectivity index (χ2v) is 6.11. The van der Waals surface area contributed by atoms with Crippen LogP contribution in [-0.4, -0.2) is 29.2 Å². The van der Waals surface area contributed by atoms with E-state index in [1.807, 2.05) is 6.92 Å². The molecule has 1 aliphatic rings. The molecule has 3 N–H and O–H groups in total. The number of urea groups is 1. The third-order valence-corrected chi connectivity index (χ3v) is 4.37. The Kier molecular flexibility index (Phi) is 8.16. The molecule has 0 heterocycles. The highest BCUT2D eigenvalue weighted by Crippen LogP contribution is 2.27. The third-order valence-electron chi connectivity index (χ3n) is 4.37. The summed E-state index contributed by atoms with van der Waals surface area (Å²) in [6.45, 7) is 4.09. The van der Waals surface area contributed by atoms with Crippen molar-refractivity contribution in [1.82, 2.24) is 10.6 Å². The zero-order valence-electron chi connectivity index (χ0n) is 13.4. The predicted molar refractivity (Wildman–Crippen MR) is 83.3 cm³/mol. The Balaban J connectivity index is 2.46. The minimum Gasteiger partial charge on any atom is -0.481 e. The van der Waals surface area contributed by atoms with E-state index in [4.69, 9.17) is 5.11 Å².